The lowest BCUT2D eigenvalue weighted by Gasteiger charge is -2.01. The van der Waals surface area contributed by atoms with Gasteiger partial charge in [0, 0.05) is 6.20 Å². The van der Waals surface area contributed by atoms with Crippen LogP contribution in [0.15, 0.2) is 12.3 Å². The number of carbonyl (C=O) groups excluding carboxylic acids is 1. The first-order valence-electron chi connectivity index (χ1n) is 3.21. The number of aromatic nitrogens is 1. The van der Waals surface area contributed by atoms with E-state index in [4.69, 9.17) is 22.4 Å². The van der Waals surface area contributed by atoms with Crippen LogP contribution in [0.3, 0.4) is 0 Å². The average Bonchev–Trinajstić information content (AvgIpc) is 2.02. The normalized spacial score (nSPS) is 9.62. The molecule has 0 fully saturated rings. The van der Waals surface area contributed by atoms with Crippen molar-refractivity contribution in [1.82, 2.24) is 4.98 Å². The first-order chi connectivity index (χ1) is 6.04. The third kappa shape index (κ3) is 1.75. The Kier molecular flexibility index (Phi) is 2.48. The van der Waals surface area contributed by atoms with Crippen molar-refractivity contribution in [2.45, 2.75) is 0 Å². The van der Waals surface area contributed by atoms with Crippen LogP contribution >= 0.6 is 11.6 Å². The van der Waals surface area contributed by atoms with Crippen molar-refractivity contribution >= 4 is 23.5 Å². The lowest BCUT2D eigenvalue weighted by atomic mass is 10.2. The highest BCUT2D eigenvalue weighted by Crippen LogP contribution is 2.17. The molecule has 6 heteroatoms. The zero-order valence-corrected chi connectivity index (χ0v) is 7.08. The monoisotopic (exact) mass is 200 g/mol. The highest BCUT2D eigenvalue weighted by Gasteiger charge is 2.18. The Morgan fingerprint density at radius 3 is 2.54 bits per heavy atom. The van der Waals surface area contributed by atoms with Crippen LogP contribution in [0.5, 0.6) is 0 Å². The van der Waals surface area contributed by atoms with Gasteiger partial charge in [0.15, 0.2) is 5.69 Å². The fourth-order valence-corrected chi connectivity index (χ4v) is 1.07. The maximum absolute atomic E-state index is 10.8. The van der Waals surface area contributed by atoms with Crippen LogP contribution in [0.25, 0.3) is 0 Å². The highest BCUT2D eigenvalue weighted by molar-refractivity contribution is 6.34. The topological polar surface area (TPSA) is 93.3 Å². The van der Waals surface area contributed by atoms with Gasteiger partial charge in [0.25, 0.3) is 5.91 Å². The lowest BCUT2D eigenvalue weighted by molar-refractivity contribution is 0.0685. The molecule has 0 radical (unpaired) electrons. The summed E-state index contributed by atoms with van der Waals surface area (Å²) in [5, 5.41) is 8.60. The van der Waals surface area contributed by atoms with E-state index in [9.17, 15) is 9.59 Å². The van der Waals surface area contributed by atoms with Crippen molar-refractivity contribution in [3.05, 3.63) is 28.5 Å². The van der Waals surface area contributed by atoms with E-state index in [0.717, 1.165) is 0 Å². The lowest BCUT2D eigenvalue weighted by Crippen LogP contribution is -2.18. The fourth-order valence-electron chi connectivity index (χ4n) is 0.835. The molecule has 1 aromatic rings. The zero-order valence-electron chi connectivity index (χ0n) is 6.32. The van der Waals surface area contributed by atoms with Gasteiger partial charge in [-0.2, -0.15) is 0 Å². The van der Waals surface area contributed by atoms with Gasteiger partial charge >= 0.3 is 5.97 Å². The number of halogens is 1. The molecule has 1 amide bonds. The van der Waals surface area contributed by atoms with Gasteiger partial charge in [0.05, 0.1) is 10.6 Å². The molecule has 0 aliphatic rings. The molecular weight excluding hydrogens is 196 g/mol. The summed E-state index contributed by atoms with van der Waals surface area (Å²) in [7, 11) is 0. The van der Waals surface area contributed by atoms with Gasteiger partial charge in [-0.15, -0.1) is 0 Å². The summed E-state index contributed by atoms with van der Waals surface area (Å²) in [5.41, 5.74) is 4.23. The Morgan fingerprint density at radius 1 is 1.54 bits per heavy atom. The van der Waals surface area contributed by atoms with E-state index in [-0.39, 0.29) is 10.6 Å². The number of rotatable bonds is 2. The number of amides is 1. The Balaban J connectivity index is 3.43. The molecule has 1 aromatic heterocycles. The standard InChI is InChI=1S/C7H5ClN2O3/c8-3-1-2-10-5(7(12)13)4(3)6(9)11/h1-2H,(H2,9,11)(H,12,13). The number of nitrogens with zero attached hydrogens (tertiary/aromatic N) is 1. The van der Waals surface area contributed by atoms with Crippen LogP contribution in [0, 0.1) is 0 Å². The minimum absolute atomic E-state index is 0.0140. The number of carbonyl (C=O) groups is 2. The molecule has 5 nitrogen and oxygen atoms in total. The summed E-state index contributed by atoms with van der Waals surface area (Å²) in [6.07, 6.45) is 1.19. The molecule has 0 aromatic carbocycles. The summed E-state index contributed by atoms with van der Waals surface area (Å²) in [5.74, 6) is -2.24. The number of pyridine rings is 1. The summed E-state index contributed by atoms with van der Waals surface area (Å²) < 4.78 is 0. The highest BCUT2D eigenvalue weighted by atomic mass is 35.5. The molecule has 0 bridgehead atoms. The predicted octanol–water partition coefficient (Wildman–Crippen LogP) is 0.532. The van der Waals surface area contributed by atoms with Crippen molar-refractivity contribution in [3.63, 3.8) is 0 Å². The van der Waals surface area contributed by atoms with Crippen LogP contribution in [0.2, 0.25) is 5.02 Å². The van der Waals surface area contributed by atoms with Crippen molar-refractivity contribution in [3.8, 4) is 0 Å². The Morgan fingerprint density at radius 2 is 2.15 bits per heavy atom. The molecule has 0 aliphatic carbocycles. The van der Waals surface area contributed by atoms with Gasteiger partial charge in [0.2, 0.25) is 0 Å². The van der Waals surface area contributed by atoms with Crippen LogP contribution < -0.4 is 5.73 Å². The predicted molar refractivity (Wildman–Crippen MR) is 44.7 cm³/mol. The van der Waals surface area contributed by atoms with Crippen LogP contribution in [0.4, 0.5) is 0 Å². The van der Waals surface area contributed by atoms with E-state index in [1.54, 1.807) is 0 Å². The molecule has 0 aliphatic heterocycles. The quantitative estimate of drug-likeness (QED) is 0.728. The van der Waals surface area contributed by atoms with Crippen LogP contribution in [0.1, 0.15) is 20.8 Å². The van der Waals surface area contributed by atoms with Gasteiger partial charge in [-0.3, -0.25) is 4.79 Å². The molecule has 0 atom stereocenters. The molecule has 0 unspecified atom stereocenters. The molecule has 1 rings (SSSR count). The second kappa shape index (κ2) is 3.40. The number of hydrogen-bond donors (Lipinski definition) is 2. The van der Waals surface area contributed by atoms with E-state index < -0.39 is 17.6 Å². The van der Waals surface area contributed by atoms with Crippen LogP contribution in [-0.4, -0.2) is 22.0 Å². The largest absolute Gasteiger partial charge is 0.476 e. The first kappa shape index (κ1) is 9.47. The number of carboxylic acid groups (broad SMARTS) is 1. The Labute approximate surface area is 78.1 Å². The molecule has 0 spiro atoms. The van der Waals surface area contributed by atoms with E-state index in [2.05, 4.69) is 4.98 Å². The molecule has 1 heterocycles. The number of hydrogen-bond acceptors (Lipinski definition) is 3. The number of carboxylic acids is 1. The minimum Gasteiger partial charge on any atom is -0.476 e. The Bertz CT molecular complexity index is 378. The first-order valence-corrected chi connectivity index (χ1v) is 3.59. The maximum Gasteiger partial charge on any atom is 0.355 e. The summed E-state index contributed by atoms with van der Waals surface area (Å²) >= 11 is 5.56. The molecule has 0 saturated heterocycles. The van der Waals surface area contributed by atoms with Gasteiger partial charge < -0.3 is 10.8 Å². The molecular formula is C7H5ClN2O3. The minimum atomic E-state index is -1.34. The van der Waals surface area contributed by atoms with Crippen molar-refractivity contribution in [2.24, 2.45) is 5.73 Å². The van der Waals surface area contributed by atoms with E-state index in [0.29, 0.717) is 0 Å². The second-order valence-electron chi connectivity index (χ2n) is 2.19. The fraction of sp³-hybridized carbons (Fsp3) is 0. The molecule has 68 valence electrons. The van der Waals surface area contributed by atoms with E-state index in [1.165, 1.54) is 12.3 Å². The second-order valence-corrected chi connectivity index (χ2v) is 2.59. The number of aromatic carboxylic acids is 1. The third-order valence-electron chi connectivity index (χ3n) is 1.35. The van der Waals surface area contributed by atoms with Crippen molar-refractivity contribution < 1.29 is 14.7 Å². The zero-order chi connectivity index (χ0) is 10.0. The summed E-state index contributed by atoms with van der Waals surface area (Å²) in [4.78, 5) is 24.8. The van der Waals surface area contributed by atoms with E-state index in [1.807, 2.05) is 0 Å². The van der Waals surface area contributed by atoms with Gasteiger partial charge in [-0.1, -0.05) is 11.6 Å². The summed E-state index contributed by atoms with van der Waals surface area (Å²) in [6.45, 7) is 0. The summed E-state index contributed by atoms with van der Waals surface area (Å²) in [6, 6.07) is 1.30. The number of primary amides is 1. The van der Waals surface area contributed by atoms with Gasteiger partial charge in [-0.05, 0) is 6.07 Å². The average molecular weight is 201 g/mol. The van der Waals surface area contributed by atoms with Crippen molar-refractivity contribution in [1.29, 1.82) is 0 Å². The molecule has 0 saturated carbocycles. The molecule has 3 N–H and O–H groups in total. The Hall–Kier alpha value is -1.62. The van der Waals surface area contributed by atoms with E-state index >= 15 is 0 Å². The number of nitrogens with two attached hydrogens (primary N) is 1. The molecule has 13 heavy (non-hydrogen) atoms. The van der Waals surface area contributed by atoms with Crippen LogP contribution in [-0.2, 0) is 0 Å². The maximum atomic E-state index is 10.8. The van der Waals surface area contributed by atoms with Gasteiger partial charge in [0.1, 0.15) is 0 Å². The van der Waals surface area contributed by atoms with Crippen molar-refractivity contribution in [2.75, 3.05) is 0 Å². The van der Waals surface area contributed by atoms with Gasteiger partial charge in [-0.25, -0.2) is 9.78 Å². The SMILES string of the molecule is NC(=O)c1c(Cl)ccnc1C(=O)O. The third-order valence-corrected chi connectivity index (χ3v) is 1.66. The smallest absolute Gasteiger partial charge is 0.355 e.